The van der Waals surface area contributed by atoms with Gasteiger partial charge in [0, 0.05) is 6.04 Å². The molecule has 0 bridgehead atoms. The quantitative estimate of drug-likeness (QED) is 0.493. The third-order valence-electron chi connectivity index (χ3n) is 3.79. The van der Waals surface area contributed by atoms with Crippen LogP contribution in [0.1, 0.15) is 19.4 Å². The van der Waals surface area contributed by atoms with Crippen molar-refractivity contribution in [3.63, 3.8) is 0 Å². The first-order valence-electron chi connectivity index (χ1n) is 9.12. The second kappa shape index (κ2) is 10.9. The lowest BCUT2D eigenvalue weighted by Gasteiger charge is -2.12. The first kappa shape index (κ1) is 22.8. The predicted octanol–water partition coefficient (Wildman–Crippen LogP) is 3.80. The summed E-state index contributed by atoms with van der Waals surface area (Å²) < 4.78 is 10.8. The van der Waals surface area contributed by atoms with Gasteiger partial charge in [-0.15, -0.1) is 0 Å². The molecule has 156 valence electrons. The van der Waals surface area contributed by atoms with E-state index < -0.39 is 5.91 Å². The molecule has 0 aliphatic carbocycles. The molecule has 2 aromatic rings. The lowest BCUT2D eigenvalue weighted by Crippen LogP contribution is -2.30. The van der Waals surface area contributed by atoms with Crippen molar-refractivity contribution in [2.24, 2.45) is 0 Å². The number of anilines is 1. The molecule has 0 unspecified atom stereocenters. The number of carbonyl (C=O) groups is 2. The van der Waals surface area contributed by atoms with Gasteiger partial charge in [-0.05, 0) is 49.8 Å². The average Bonchev–Trinajstić information content (AvgIpc) is 2.71. The van der Waals surface area contributed by atoms with Gasteiger partial charge in [0.15, 0.2) is 18.1 Å². The Bertz CT molecular complexity index is 996. The summed E-state index contributed by atoms with van der Waals surface area (Å²) in [7, 11) is 1.45. The SMILES string of the molecule is COc1cc(/C=C(\C#N)C(=O)NC(C)C)ccc1OCC(=O)Nc1ccccc1Cl. The summed E-state index contributed by atoms with van der Waals surface area (Å²) in [4.78, 5) is 24.2. The summed E-state index contributed by atoms with van der Waals surface area (Å²) in [5.41, 5.74) is 1.04. The zero-order valence-corrected chi connectivity index (χ0v) is 17.6. The number of amides is 2. The van der Waals surface area contributed by atoms with E-state index in [2.05, 4.69) is 10.6 Å². The van der Waals surface area contributed by atoms with Crippen molar-refractivity contribution in [3.05, 3.63) is 58.6 Å². The summed E-state index contributed by atoms with van der Waals surface area (Å²) in [6.45, 7) is 3.37. The van der Waals surface area contributed by atoms with Crippen LogP contribution in [-0.2, 0) is 9.59 Å². The molecule has 0 saturated heterocycles. The molecule has 0 saturated carbocycles. The molecule has 7 nitrogen and oxygen atoms in total. The Kier molecular flexibility index (Phi) is 8.27. The Morgan fingerprint density at radius 1 is 1.20 bits per heavy atom. The van der Waals surface area contributed by atoms with Crippen molar-refractivity contribution in [1.82, 2.24) is 5.32 Å². The van der Waals surface area contributed by atoms with Gasteiger partial charge >= 0.3 is 0 Å². The number of para-hydroxylation sites is 1. The zero-order valence-electron chi connectivity index (χ0n) is 16.9. The fourth-order valence-corrected chi connectivity index (χ4v) is 2.62. The van der Waals surface area contributed by atoms with E-state index in [1.165, 1.54) is 13.2 Å². The third kappa shape index (κ3) is 6.54. The molecular weight excluding hydrogens is 406 g/mol. The standard InChI is InChI=1S/C22H22ClN3O4/c1-14(2)25-22(28)16(12-24)10-15-8-9-19(20(11-15)29-3)30-13-21(27)26-18-7-5-4-6-17(18)23/h4-11,14H,13H2,1-3H3,(H,25,28)(H,26,27)/b16-10+. The summed E-state index contributed by atoms with van der Waals surface area (Å²) in [6, 6.07) is 13.5. The van der Waals surface area contributed by atoms with E-state index in [0.29, 0.717) is 27.8 Å². The van der Waals surface area contributed by atoms with Crippen molar-refractivity contribution >= 4 is 35.2 Å². The highest BCUT2D eigenvalue weighted by Gasteiger charge is 2.13. The predicted molar refractivity (Wildman–Crippen MR) is 115 cm³/mol. The molecule has 2 rings (SSSR count). The monoisotopic (exact) mass is 427 g/mol. The van der Waals surface area contributed by atoms with Crippen LogP contribution in [0, 0.1) is 11.3 Å². The highest BCUT2D eigenvalue weighted by atomic mass is 35.5. The van der Waals surface area contributed by atoms with E-state index in [9.17, 15) is 14.9 Å². The number of carbonyl (C=O) groups excluding carboxylic acids is 2. The smallest absolute Gasteiger partial charge is 0.262 e. The molecule has 2 N–H and O–H groups in total. The largest absolute Gasteiger partial charge is 0.493 e. The van der Waals surface area contributed by atoms with Gasteiger partial charge in [-0.25, -0.2) is 0 Å². The number of nitriles is 1. The number of rotatable bonds is 8. The Morgan fingerprint density at radius 3 is 2.57 bits per heavy atom. The van der Waals surface area contributed by atoms with Gasteiger partial charge in [0.25, 0.3) is 11.8 Å². The van der Waals surface area contributed by atoms with Crippen LogP contribution in [-0.4, -0.2) is 31.6 Å². The van der Waals surface area contributed by atoms with Crippen molar-refractivity contribution in [2.45, 2.75) is 19.9 Å². The minimum absolute atomic E-state index is 0.0291. The summed E-state index contributed by atoms with van der Waals surface area (Å²) >= 11 is 6.02. The van der Waals surface area contributed by atoms with Gasteiger partial charge in [0.1, 0.15) is 11.6 Å². The van der Waals surface area contributed by atoms with Gasteiger partial charge in [-0.3, -0.25) is 9.59 Å². The summed E-state index contributed by atoms with van der Waals surface area (Å²) in [5.74, 6) is -0.140. The number of halogens is 1. The molecule has 30 heavy (non-hydrogen) atoms. The Hall–Kier alpha value is -3.50. The summed E-state index contributed by atoms with van der Waals surface area (Å²) in [5, 5.41) is 15.0. The molecule has 0 aliphatic rings. The van der Waals surface area contributed by atoms with Crippen LogP contribution < -0.4 is 20.1 Å². The highest BCUT2D eigenvalue weighted by Crippen LogP contribution is 2.29. The number of nitrogens with zero attached hydrogens (tertiary/aromatic N) is 1. The van der Waals surface area contributed by atoms with Crippen LogP contribution >= 0.6 is 11.6 Å². The van der Waals surface area contributed by atoms with Crippen LogP contribution in [0.4, 0.5) is 5.69 Å². The molecule has 0 atom stereocenters. The highest BCUT2D eigenvalue weighted by molar-refractivity contribution is 6.33. The maximum absolute atomic E-state index is 12.1. The van der Waals surface area contributed by atoms with Crippen molar-refractivity contribution < 1.29 is 19.1 Å². The zero-order chi connectivity index (χ0) is 22.1. The van der Waals surface area contributed by atoms with E-state index >= 15 is 0 Å². The molecular formula is C22H22ClN3O4. The topological polar surface area (TPSA) is 100 Å². The molecule has 0 aromatic heterocycles. The lowest BCUT2D eigenvalue weighted by molar-refractivity contribution is -0.118. The van der Waals surface area contributed by atoms with Gasteiger partial charge in [-0.1, -0.05) is 29.8 Å². The fraction of sp³-hybridized carbons (Fsp3) is 0.227. The normalized spacial score (nSPS) is 10.9. The van der Waals surface area contributed by atoms with Crippen LogP contribution in [0.15, 0.2) is 48.0 Å². The molecule has 0 heterocycles. The first-order chi connectivity index (χ1) is 14.3. The van der Waals surface area contributed by atoms with Crippen molar-refractivity contribution in [2.75, 3.05) is 19.0 Å². The minimum Gasteiger partial charge on any atom is -0.493 e. The number of methoxy groups -OCH3 is 1. The van der Waals surface area contributed by atoms with Crippen LogP contribution in [0.5, 0.6) is 11.5 Å². The average molecular weight is 428 g/mol. The molecule has 0 fully saturated rings. The Morgan fingerprint density at radius 2 is 1.93 bits per heavy atom. The number of nitrogens with one attached hydrogen (secondary N) is 2. The Balaban J connectivity index is 2.09. The maximum atomic E-state index is 12.1. The minimum atomic E-state index is -0.456. The van der Waals surface area contributed by atoms with Crippen LogP contribution in [0.3, 0.4) is 0 Å². The van der Waals surface area contributed by atoms with E-state index in [4.69, 9.17) is 21.1 Å². The number of ether oxygens (including phenoxy) is 2. The fourth-order valence-electron chi connectivity index (χ4n) is 2.44. The summed E-state index contributed by atoms with van der Waals surface area (Å²) in [6.07, 6.45) is 1.45. The molecule has 0 radical (unpaired) electrons. The van der Waals surface area contributed by atoms with Gasteiger partial charge in [0.2, 0.25) is 0 Å². The second-order valence-electron chi connectivity index (χ2n) is 6.52. The van der Waals surface area contributed by atoms with Crippen molar-refractivity contribution in [1.29, 1.82) is 5.26 Å². The molecule has 0 aliphatic heterocycles. The van der Waals surface area contributed by atoms with Crippen molar-refractivity contribution in [3.8, 4) is 17.6 Å². The van der Waals surface area contributed by atoms with Gasteiger partial charge in [-0.2, -0.15) is 5.26 Å². The molecule has 0 spiro atoms. The second-order valence-corrected chi connectivity index (χ2v) is 6.93. The van der Waals surface area contributed by atoms with Crippen LogP contribution in [0.2, 0.25) is 5.02 Å². The molecule has 2 aromatic carbocycles. The number of benzene rings is 2. The van der Waals surface area contributed by atoms with Gasteiger partial charge < -0.3 is 20.1 Å². The van der Waals surface area contributed by atoms with E-state index in [-0.39, 0.29) is 24.1 Å². The molecule has 8 heteroatoms. The van der Waals surface area contributed by atoms with E-state index in [0.717, 1.165) is 0 Å². The van der Waals surface area contributed by atoms with Gasteiger partial charge in [0.05, 0.1) is 17.8 Å². The molecule has 2 amide bonds. The van der Waals surface area contributed by atoms with Crippen LogP contribution in [0.25, 0.3) is 6.08 Å². The van der Waals surface area contributed by atoms with E-state index in [1.54, 1.807) is 42.5 Å². The Labute approximate surface area is 180 Å². The number of hydrogen-bond acceptors (Lipinski definition) is 5. The lowest BCUT2D eigenvalue weighted by atomic mass is 10.1. The maximum Gasteiger partial charge on any atom is 0.262 e. The first-order valence-corrected chi connectivity index (χ1v) is 9.49. The van der Waals surface area contributed by atoms with E-state index in [1.807, 2.05) is 19.9 Å². The number of hydrogen-bond donors (Lipinski definition) is 2. The third-order valence-corrected chi connectivity index (χ3v) is 4.12.